The number of aromatic nitrogens is 3. The summed E-state index contributed by atoms with van der Waals surface area (Å²) in [5.41, 5.74) is 7.67. The molecule has 0 radical (unpaired) electrons. The number of hydrogen-bond acceptors (Lipinski definition) is 7. The lowest BCUT2D eigenvalue weighted by Crippen LogP contribution is -2.34. The monoisotopic (exact) mass is 385 g/mol. The fraction of sp³-hybridized carbons (Fsp3) is 0.222. The zero-order chi connectivity index (χ0) is 18.2. The van der Waals surface area contributed by atoms with Crippen LogP contribution in [0.25, 0.3) is 0 Å². The number of rotatable bonds is 8. The van der Waals surface area contributed by atoms with Crippen LogP contribution in [-0.2, 0) is 17.8 Å². The van der Waals surface area contributed by atoms with E-state index in [-0.39, 0.29) is 5.91 Å². The molecule has 0 unspecified atom stereocenters. The zero-order valence-electron chi connectivity index (χ0n) is 14.1. The predicted molar refractivity (Wildman–Crippen MR) is 105 cm³/mol. The highest BCUT2D eigenvalue weighted by Gasteiger charge is 2.16. The molecular formula is C18H19N5OS2. The van der Waals surface area contributed by atoms with Crippen molar-refractivity contribution in [3.63, 3.8) is 0 Å². The van der Waals surface area contributed by atoms with Crippen LogP contribution in [0.4, 0.5) is 5.13 Å². The number of anilines is 1. The third kappa shape index (κ3) is 5.53. The van der Waals surface area contributed by atoms with Crippen LogP contribution in [0.1, 0.15) is 11.3 Å². The van der Waals surface area contributed by atoms with Gasteiger partial charge in [-0.3, -0.25) is 9.78 Å². The summed E-state index contributed by atoms with van der Waals surface area (Å²) in [5.74, 6) is 0.348. The average Bonchev–Trinajstić information content (AvgIpc) is 3.10. The SMILES string of the molecule is Nc1nnc(SCC(=O)N(CCc2ccccc2)Cc2ccccn2)s1. The zero-order valence-corrected chi connectivity index (χ0v) is 15.7. The van der Waals surface area contributed by atoms with Gasteiger partial charge in [0.15, 0.2) is 4.34 Å². The minimum absolute atomic E-state index is 0.0466. The Balaban J connectivity index is 1.63. The highest BCUT2D eigenvalue weighted by molar-refractivity contribution is 8.01. The molecule has 1 amide bonds. The molecule has 26 heavy (non-hydrogen) atoms. The number of nitrogens with two attached hydrogens (primary N) is 1. The van der Waals surface area contributed by atoms with Gasteiger partial charge in [-0.1, -0.05) is 59.5 Å². The lowest BCUT2D eigenvalue weighted by molar-refractivity contribution is -0.129. The molecule has 6 nitrogen and oxygen atoms in total. The number of benzene rings is 1. The molecule has 0 saturated carbocycles. The lowest BCUT2D eigenvalue weighted by Gasteiger charge is -2.22. The summed E-state index contributed by atoms with van der Waals surface area (Å²) in [6, 6.07) is 15.9. The first-order chi connectivity index (χ1) is 12.7. The van der Waals surface area contributed by atoms with Gasteiger partial charge >= 0.3 is 0 Å². The van der Waals surface area contributed by atoms with Crippen LogP contribution in [0.3, 0.4) is 0 Å². The van der Waals surface area contributed by atoms with Crippen molar-refractivity contribution >= 4 is 34.1 Å². The van der Waals surface area contributed by atoms with E-state index >= 15 is 0 Å². The minimum atomic E-state index is 0.0466. The first-order valence-electron chi connectivity index (χ1n) is 8.14. The van der Waals surface area contributed by atoms with E-state index < -0.39 is 0 Å². The Morgan fingerprint density at radius 2 is 1.92 bits per heavy atom. The molecule has 0 bridgehead atoms. The summed E-state index contributed by atoms with van der Waals surface area (Å²) in [5, 5.41) is 8.13. The number of pyridine rings is 1. The van der Waals surface area contributed by atoms with E-state index in [1.54, 1.807) is 6.20 Å². The molecule has 0 atom stereocenters. The second-order valence-electron chi connectivity index (χ2n) is 5.57. The summed E-state index contributed by atoms with van der Waals surface area (Å²) in [7, 11) is 0. The Hall–Kier alpha value is -2.45. The summed E-state index contributed by atoms with van der Waals surface area (Å²) in [6.07, 6.45) is 2.55. The first kappa shape index (κ1) is 18.3. The number of thioether (sulfide) groups is 1. The van der Waals surface area contributed by atoms with Crippen LogP contribution in [0.5, 0.6) is 0 Å². The second kappa shape index (κ2) is 9.30. The number of hydrogen-bond donors (Lipinski definition) is 1. The maximum atomic E-state index is 12.8. The maximum Gasteiger partial charge on any atom is 0.233 e. The third-order valence-electron chi connectivity index (χ3n) is 3.69. The lowest BCUT2D eigenvalue weighted by atomic mass is 10.1. The molecule has 0 saturated heterocycles. The fourth-order valence-electron chi connectivity index (χ4n) is 2.38. The van der Waals surface area contributed by atoms with Gasteiger partial charge in [0.05, 0.1) is 18.0 Å². The molecule has 2 heterocycles. The molecule has 0 spiro atoms. The van der Waals surface area contributed by atoms with Gasteiger partial charge in [-0.05, 0) is 24.1 Å². The van der Waals surface area contributed by atoms with Crippen LogP contribution in [0.15, 0.2) is 59.1 Å². The van der Waals surface area contributed by atoms with Crippen LogP contribution in [0, 0.1) is 0 Å². The molecule has 2 N–H and O–H groups in total. The Kier molecular flexibility index (Phi) is 6.56. The normalized spacial score (nSPS) is 10.6. The summed E-state index contributed by atoms with van der Waals surface area (Å²) in [4.78, 5) is 18.9. The molecule has 8 heteroatoms. The highest BCUT2D eigenvalue weighted by atomic mass is 32.2. The van der Waals surface area contributed by atoms with Gasteiger partial charge in [0.1, 0.15) is 0 Å². The van der Waals surface area contributed by atoms with Gasteiger partial charge in [0, 0.05) is 12.7 Å². The molecule has 0 aliphatic carbocycles. The maximum absolute atomic E-state index is 12.8. The van der Waals surface area contributed by atoms with Gasteiger partial charge in [0.25, 0.3) is 0 Å². The molecule has 3 rings (SSSR count). The van der Waals surface area contributed by atoms with E-state index in [9.17, 15) is 4.79 Å². The second-order valence-corrected chi connectivity index (χ2v) is 7.80. The summed E-state index contributed by atoms with van der Waals surface area (Å²) < 4.78 is 0.705. The van der Waals surface area contributed by atoms with Gasteiger partial charge < -0.3 is 10.6 Å². The van der Waals surface area contributed by atoms with E-state index in [2.05, 4.69) is 27.3 Å². The Morgan fingerprint density at radius 1 is 1.12 bits per heavy atom. The largest absolute Gasteiger partial charge is 0.374 e. The number of carbonyl (C=O) groups excluding carboxylic acids is 1. The van der Waals surface area contributed by atoms with Crippen molar-refractivity contribution in [3.05, 3.63) is 66.0 Å². The van der Waals surface area contributed by atoms with Gasteiger partial charge in [-0.25, -0.2) is 0 Å². The van der Waals surface area contributed by atoms with Crippen molar-refractivity contribution in [2.75, 3.05) is 18.0 Å². The Morgan fingerprint density at radius 3 is 2.62 bits per heavy atom. The molecule has 3 aromatic rings. The van der Waals surface area contributed by atoms with Gasteiger partial charge in [-0.15, -0.1) is 10.2 Å². The molecule has 134 valence electrons. The molecule has 0 fully saturated rings. The number of nitrogen functional groups attached to an aromatic ring is 1. The third-order valence-corrected chi connectivity index (χ3v) is 5.56. The number of nitrogens with zero attached hydrogens (tertiary/aromatic N) is 4. The number of amides is 1. The standard InChI is InChI=1S/C18H19N5OS2/c19-17-21-22-18(26-17)25-13-16(24)23(12-15-8-4-5-10-20-15)11-9-14-6-2-1-3-7-14/h1-8,10H,9,11-13H2,(H2,19,21). The van der Waals surface area contributed by atoms with Crippen molar-refractivity contribution in [2.45, 2.75) is 17.3 Å². The predicted octanol–water partition coefficient (Wildman–Crippen LogP) is 2.88. The molecular weight excluding hydrogens is 366 g/mol. The van der Waals surface area contributed by atoms with E-state index in [0.717, 1.165) is 12.1 Å². The van der Waals surface area contributed by atoms with Crippen molar-refractivity contribution in [2.24, 2.45) is 0 Å². The Labute approximate surface area is 160 Å². The Bertz CT molecular complexity index is 826. The molecule has 0 aliphatic rings. The fourth-order valence-corrected chi connectivity index (χ4v) is 3.92. The van der Waals surface area contributed by atoms with Crippen molar-refractivity contribution in [1.82, 2.24) is 20.1 Å². The first-order valence-corrected chi connectivity index (χ1v) is 9.94. The van der Waals surface area contributed by atoms with Crippen molar-refractivity contribution in [1.29, 1.82) is 0 Å². The van der Waals surface area contributed by atoms with Crippen molar-refractivity contribution in [3.8, 4) is 0 Å². The average molecular weight is 386 g/mol. The van der Waals surface area contributed by atoms with Crippen LogP contribution in [-0.4, -0.2) is 38.3 Å². The topological polar surface area (TPSA) is 85.0 Å². The smallest absolute Gasteiger partial charge is 0.233 e. The molecule has 1 aromatic carbocycles. The van der Waals surface area contributed by atoms with E-state index in [4.69, 9.17) is 5.73 Å². The van der Waals surface area contributed by atoms with E-state index in [1.165, 1.54) is 28.7 Å². The molecule has 2 aromatic heterocycles. The van der Waals surface area contributed by atoms with E-state index in [0.29, 0.717) is 28.3 Å². The van der Waals surface area contributed by atoms with Crippen LogP contribution < -0.4 is 5.73 Å². The van der Waals surface area contributed by atoms with Crippen LogP contribution in [0.2, 0.25) is 0 Å². The summed E-state index contributed by atoms with van der Waals surface area (Å²) in [6.45, 7) is 1.13. The number of carbonyl (C=O) groups is 1. The highest BCUT2D eigenvalue weighted by Crippen LogP contribution is 2.23. The minimum Gasteiger partial charge on any atom is -0.374 e. The summed E-state index contributed by atoms with van der Waals surface area (Å²) >= 11 is 2.65. The van der Waals surface area contributed by atoms with Crippen LogP contribution >= 0.6 is 23.1 Å². The van der Waals surface area contributed by atoms with Gasteiger partial charge in [0.2, 0.25) is 11.0 Å². The van der Waals surface area contributed by atoms with Crippen molar-refractivity contribution < 1.29 is 4.79 Å². The van der Waals surface area contributed by atoms with Gasteiger partial charge in [-0.2, -0.15) is 0 Å². The molecule has 0 aliphatic heterocycles. The quantitative estimate of drug-likeness (QED) is 0.600. The van der Waals surface area contributed by atoms with E-state index in [1.807, 2.05) is 41.3 Å².